The number of carboxylic acid groups (broad SMARTS) is 1. The first-order chi connectivity index (χ1) is 16.0. The first-order valence-electron chi connectivity index (χ1n) is 12.0. The van der Waals surface area contributed by atoms with Crippen molar-refractivity contribution in [2.24, 2.45) is 11.3 Å². The SMILES string of the molecule is Cc1nc2cc([C@H]3CC[C@H](C(F)(F)F)CC3)nn2c(N2CCCC(CF)(C(=O)O)C2)c1C(C)C. The molecule has 1 saturated heterocycles. The molecule has 4 rings (SSSR count). The summed E-state index contributed by atoms with van der Waals surface area (Å²) >= 11 is 0. The van der Waals surface area contributed by atoms with E-state index in [1.165, 1.54) is 0 Å². The molecule has 6 nitrogen and oxygen atoms in total. The fourth-order valence-electron chi connectivity index (χ4n) is 5.68. The highest BCUT2D eigenvalue weighted by atomic mass is 19.4. The molecule has 188 valence electrons. The fourth-order valence-corrected chi connectivity index (χ4v) is 5.68. The lowest BCUT2D eigenvalue weighted by Crippen LogP contribution is -2.50. The number of nitrogens with zero attached hydrogens (tertiary/aromatic N) is 4. The van der Waals surface area contributed by atoms with E-state index < -0.39 is 30.2 Å². The van der Waals surface area contributed by atoms with Crippen molar-refractivity contribution in [1.29, 1.82) is 0 Å². The molecule has 1 aliphatic heterocycles. The summed E-state index contributed by atoms with van der Waals surface area (Å²) in [6, 6.07) is 1.84. The first-order valence-corrected chi connectivity index (χ1v) is 12.0. The molecule has 2 fully saturated rings. The molecule has 1 aliphatic carbocycles. The second-order valence-electron chi connectivity index (χ2n) is 10.3. The van der Waals surface area contributed by atoms with E-state index in [0.717, 1.165) is 11.3 Å². The summed E-state index contributed by atoms with van der Waals surface area (Å²) in [6.45, 7) is 5.58. The number of carboxylic acids is 1. The van der Waals surface area contributed by atoms with E-state index in [1.54, 1.807) is 4.52 Å². The van der Waals surface area contributed by atoms with Gasteiger partial charge in [0.25, 0.3) is 0 Å². The maximum absolute atomic E-state index is 14.0. The molecule has 0 amide bonds. The van der Waals surface area contributed by atoms with Gasteiger partial charge in [-0.15, -0.1) is 0 Å². The van der Waals surface area contributed by atoms with Gasteiger partial charge in [0.15, 0.2) is 5.65 Å². The predicted molar refractivity (Wildman–Crippen MR) is 120 cm³/mol. The summed E-state index contributed by atoms with van der Waals surface area (Å²) < 4.78 is 55.0. The number of aryl methyl sites for hydroxylation is 1. The molecule has 0 bridgehead atoms. The van der Waals surface area contributed by atoms with E-state index in [1.807, 2.05) is 31.7 Å². The maximum Gasteiger partial charge on any atom is 0.391 e. The van der Waals surface area contributed by atoms with Gasteiger partial charge in [-0.25, -0.2) is 9.37 Å². The zero-order valence-electron chi connectivity index (χ0n) is 19.8. The third-order valence-corrected chi connectivity index (χ3v) is 7.59. The summed E-state index contributed by atoms with van der Waals surface area (Å²) in [5.41, 5.74) is 1.53. The van der Waals surface area contributed by atoms with Crippen molar-refractivity contribution in [2.45, 2.75) is 77.3 Å². The van der Waals surface area contributed by atoms with Crippen LogP contribution in [0.2, 0.25) is 0 Å². The van der Waals surface area contributed by atoms with Crippen LogP contribution < -0.4 is 4.90 Å². The Labute approximate surface area is 196 Å². The molecule has 1 atom stereocenters. The van der Waals surface area contributed by atoms with E-state index >= 15 is 0 Å². The summed E-state index contributed by atoms with van der Waals surface area (Å²) in [7, 11) is 0. The highest BCUT2D eigenvalue weighted by Crippen LogP contribution is 2.43. The van der Waals surface area contributed by atoms with Crippen LogP contribution >= 0.6 is 0 Å². The molecular formula is C24H32F4N4O2. The Morgan fingerprint density at radius 3 is 2.50 bits per heavy atom. The second kappa shape index (κ2) is 9.00. The molecule has 3 heterocycles. The van der Waals surface area contributed by atoms with Gasteiger partial charge in [0.1, 0.15) is 17.9 Å². The van der Waals surface area contributed by atoms with Gasteiger partial charge in [-0.05, 0) is 51.4 Å². The van der Waals surface area contributed by atoms with Gasteiger partial charge in [-0.2, -0.15) is 22.8 Å². The maximum atomic E-state index is 14.0. The Morgan fingerprint density at radius 1 is 1.26 bits per heavy atom. The van der Waals surface area contributed by atoms with Crippen molar-refractivity contribution >= 4 is 17.4 Å². The number of carbonyl (C=O) groups is 1. The van der Waals surface area contributed by atoms with Crippen LogP contribution in [-0.2, 0) is 4.79 Å². The van der Waals surface area contributed by atoms with Gasteiger partial charge in [0.05, 0.1) is 11.6 Å². The number of halogens is 4. The van der Waals surface area contributed by atoms with E-state index in [4.69, 9.17) is 10.1 Å². The number of anilines is 1. The normalized spacial score (nSPS) is 26.4. The van der Waals surface area contributed by atoms with Gasteiger partial charge in [0.2, 0.25) is 0 Å². The highest BCUT2D eigenvalue weighted by molar-refractivity contribution is 5.76. The zero-order valence-corrected chi connectivity index (χ0v) is 19.8. The Kier molecular flexibility index (Phi) is 6.54. The average molecular weight is 485 g/mol. The van der Waals surface area contributed by atoms with Crippen LogP contribution in [0, 0.1) is 18.3 Å². The highest BCUT2D eigenvalue weighted by Gasteiger charge is 2.44. The van der Waals surface area contributed by atoms with Crippen molar-refractivity contribution in [1.82, 2.24) is 14.6 Å². The summed E-state index contributed by atoms with van der Waals surface area (Å²) in [4.78, 5) is 18.6. The number of rotatable bonds is 5. The van der Waals surface area contributed by atoms with E-state index in [-0.39, 0.29) is 37.6 Å². The van der Waals surface area contributed by atoms with Gasteiger partial charge in [-0.1, -0.05) is 13.8 Å². The lowest BCUT2D eigenvalue weighted by Gasteiger charge is -2.40. The van der Waals surface area contributed by atoms with Crippen LogP contribution in [0.3, 0.4) is 0 Å². The number of fused-ring (bicyclic) bond motifs is 1. The minimum atomic E-state index is -4.16. The summed E-state index contributed by atoms with van der Waals surface area (Å²) in [6.07, 6.45) is -2.37. The van der Waals surface area contributed by atoms with Gasteiger partial charge < -0.3 is 10.0 Å². The minimum Gasteiger partial charge on any atom is -0.481 e. The molecular weight excluding hydrogens is 452 g/mol. The van der Waals surface area contributed by atoms with E-state index in [2.05, 4.69) is 0 Å². The Balaban J connectivity index is 1.74. The Morgan fingerprint density at radius 2 is 1.94 bits per heavy atom. The third-order valence-electron chi connectivity index (χ3n) is 7.59. The number of aromatic nitrogens is 3. The molecule has 2 aliphatic rings. The average Bonchev–Trinajstić information content (AvgIpc) is 3.20. The molecule has 0 radical (unpaired) electrons. The number of piperidine rings is 1. The predicted octanol–water partition coefficient (Wildman–Crippen LogP) is 5.64. The summed E-state index contributed by atoms with van der Waals surface area (Å²) in [5, 5.41) is 14.6. The van der Waals surface area contributed by atoms with Crippen molar-refractivity contribution in [3.05, 3.63) is 23.0 Å². The van der Waals surface area contributed by atoms with Crippen LogP contribution in [0.5, 0.6) is 0 Å². The summed E-state index contributed by atoms with van der Waals surface area (Å²) in [5.74, 6) is -1.71. The number of aliphatic carboxylic acids is 1. The van der Waals surface area contributed by atoms with E-state index in [0.29, 0.717) is 43.0 Å². The zero-order chi connectivity index (χ0) is 24.8. The number of hydrogen-bond donors (Lipinski definition) is 1. The van der Waals surface area contributed by atoms with Gasteiger partial charge in [-0.3, -0.25) is 4.79 Å². The molecule has 1 unspecified atom stereocenters. The molecule has 2 aromatic rings. The fraction of sp³-hybridized carbons (Fsp3) is 0.708. The van der Waals surface area contributed by atoms with Crippen molar-refractivity contribution < 1.29 is 27.5 Å². The molecule has 34 heavy (non-hydrogen) atoms. The lowest BCUT2D eigenvalue weighted by atomic mass is 9.80. The number of alkyl halides is 4. The van der Waals surface area contributed by atoms with Crippen LogP contribution in [0.15, 0.2) is 6.07 Å². The van der Waals surface area contributed by atoms with Crippen molar-refractivity contribution in [3.63, 3.8) is 0 Å². The second-order valence-corrected chi connectivity index (χ2v) is 10.3. The lowest BCUT2D eigenvalue weighted by molar-refractivity contribution is -0.182. The van der Waals surface area contributed by atoms with Crippen molar-refractivity contribution in [3.8, 4) is 0 Å². The Bertz CT molecular complexity index is 1060. The topological polar surface area (TPSA) is 70.7 Å². The molecule has 1 N–H and O–H groups in total. The van der Waals surface area contributed by atoms with Crippen LogP contribution in [0.4, 0.5) is 23.4 Å². The van der Waals surface area contributed by atoms with E-state index in [9.17, 15) is 27.5 Å². The smallest absolute Gasteiger partial charge is 0.391 e. The monoisotopic (exact) mass is 484 g/mol. The minimum absolute atomic E-state index is 0.0307. The van der Waals surface area contributed by atoms with Gasteiger partial charge >= 0.3 is 12.1 Å². The molecule has 2 aromatic heterocycles. The number of hydrogen-bond acceptors (Lipinski definition) is 4. The van der Waals surface area contributed by atoms with Crippen LogP contribution in [0.1, 0.15) is 81.2 Å². The molecule has 1 saturated carbocycles. The first kappa shape index (κ1) is 24.7. The quantitative estimate of drug-likeness (QED) is 0.557. The molecule has 10 heteroatoms. The van der Waals surface area contributed by atoms with Gasteiger partial charge in [0, 0.05) is 36.3 Å². The standard InChI is InChI=1S/C24H32F4N4O2/c1-14(2)20-15(3)29-19-11-18(16-5-7-17(8-6-16)24(26,27)28)30-32(19)21(20)31-10-4-9-23(12-25,13-31)22(33)34/h11,14,16-17H,4-10,12-13H2,1-3H3,(H,33,34)/t16-,17-,23?. The van der Waals surface area contributed by atoms with Crippen LogP contribution in [0.25, 0.3) is 5.65 Å². The van der Waals surface area contributed by atoms with Crippen LogP contribution in [-0.4, -0.2) is 51.6 Å². The largest absolute Gasteiger partial charge is 0.481 e. The van der Waals surface area contributed by atoms with Crippen molar-refractivity contribution in [2.75, 3.05) is 24.7 Å². The Hall–Kier alpha value is -2.39. The molecule has 0 spiro atoms. The molecule has 0 aromatic carbocycles. The third kappa shape index (κ3) is 4.35.